The average Bonchev–Trinajstić information content (AvgIpc) is 3.22. The zero-order valence-electron chi connectivity index (χ0n) is 13.8. The maximum absolute atomic E-state index is 10.7. The van der Waals surface area contributed by atoms with Gasteiger partial charge in [-0.3, -0.25) is 9.80 Å². The van der Waals surface area contributed by atoms with Crippen molar-refractivity contribution in [2.75, 3.05) is 39.3 Å². The minimum Gasteiger partial charge on any atom is -0.492 e. The summed E-state index contributed by atoms with van der Waals surface area (Å²) in [5.74, 6) is 0.171. The molecule has 0 bridgehead atoms. The second kappa shape index (κ2) is 7.09. The fourth-order valence-electron chi connectivity index (χ4n) is 3.42. The van der Waals surface area contributed by atoms with Gasteiger partial charge in [-0.2, -0.15) is 9.61 Å². The van der Waals surface area contributed by atoms with Gasteiger partial charge in [-0.25, -0.2) is 4.98 Å². The predicted octanol–water partition coefficient (Wildman–Crippen LogP) is 1.20. The predicted molar refractivity (Wildman–Crippen MR) is 95.9 cm³/mol. The third-order valence-electron chi connectivity index (χ3n) is 4.69. The fourth-order valence-corrected chi connectivity index (χ4v) is 4.51. The van der Waals surface area contributed by atoms with E-state index in [1.54, 1.807) is 0 Å². The summed E-state index contributed by atoms with van der Waals surface area (Å²) in [6, 6.07) is 10.2. The third-order valence-corrected chi connectivity index (χ3v) is 5.78. The van der Waals surface area contributed by atoms with Crippen LogP contribution in [0.3, 0.4) is 0 Å². The molecule has 0 spiro atoms. The molecule has 132 valence electrons. The van der Waals surface area contributed by atoms with Gasteiger partial charge in [0, 0.05) is 32.7 Å². The van der Waals surface area contributed by atoms with E-state index >= 15 is 0 Å². The Morgan fingerprint density at radius 1 is 1.12 bits per heavy atom. The van der Waals surface area contributed by atoms with Gasteiger partial charge in [0.25, 0.3) is 0 Å². The average molecular weight is 359 g/mol. The largest absolute Gasteiger partial charge is 0.492 e. The molecule has 0 amide bonds. The molecule has 1 fully saturated rings. The Balaban J connectivity index is 1.68. The van der Waals surface area contributed by atoms with Gasteiger partial charge in [-0.15, -0.1) is 0 Å². The zero-order chi connectivity index (χ0) is 17.2. The SMILES string of the molecule is OCCN1CCN(C(c2ccccc2)c2sc3ncnn3c2O)CC1. The van der Waals surface area contributed by atoms with Crippen LogP contribution in [-0.2, 0) is 0 Å². The van der Waals surface area contributed by atoms with Crippen LogP contribution in [0.2, 0.25) is 0 Å². The van der Waals surface area contributed by atoms with E-state index in [9.17, 15) is 5.11 Å². The molecule has 0 saturated carbocycles. The molecule has 2 aromatic heterocycles. The van der Waals surface area contributed by atoms with Crippen LogP contribution in [0.4, 0.5) is 0 Å². The summed E-state index contributed by atoms with van der Waals surface area (Å²) in [4.78, 5) is 10.4. The normalized spacial score (nSPS) is 18.0. The van der Waals surface area contributed by atoms with Crippen molar-refractivity contribution in [3.63, 3.8) is 0 Å². The maximum Gasteiger partial charge on any atom is 0.230 e. The van der Waals surface area contributed by atoms with Crippen molar-refractivity contribution in [2.45, 2.75) is 6.04 Å². The fraction of sp³-hybridized carbons (Fsp3) is 0.412. The van der Waals surface area contributed by atoms with Gasteiger partial charge in [0.05, 0.1) is 17.5 Å². The van der Waals surface area contributed by atoms with Crippen LogP contribution in [0.15, 0.2) is 36.7 Å². The van der Waals surface area contributed by atoms with Crippen molar-refractivity contribution in [1.29, 1.82) is 0 Å². The Morgan fingerprint density at radius 2 is 1.88 bits per heavy atom. The number of β-amino-alcohol motifs (C(OH)–C–C–N with tert-alkyl or cyclic N) is 1. The standard InChI is InChI=1S/C17H21N5O2S/c23-11-10-20-6-8-21(9-7-20)14(13-4-2-1-3-5-13)15-16(24)22-17(25-15)18-12-19-22/h1-5,12,14,23-24H,6-11H2. The summed E-state index contributed by atoms with van der Waals surface area (Å²) < 4.78 is 1.50. The minimum atomic E-state index is -0.0222. The van der Waals surface area contributed by atoms with Crippen molar-refractivity contribution < 1.29 is 10.2 Å². The van der Waals surface area contributed by atoms with Crippen molar-refractivity contribution in [1.82, 2.24) is 24.4 Å². The molecule has 1 unspecified atom stereocenters. The molecule has 3 aromatic rings. The van der Waals surface area contributed by atoms with Crippen LogP contribution in [-0.4, -0.2) is 73.9 Å². The van der Waals surface area contributed by atoms with E-state index in [1.165, 1.54) is 22.2 Å². The van der Waals surface area contributed by atoms with E-state index in [1.807, 2.05) is 18.2 Å². The Morgan fingerprint density at radius 3 is 2.56 bits per heavy atom. The van der Waals surface area contributed by atoms with E-state index in [2.05, 4.69) is 32.0 Å². The molecule has 0 radical (unpaired) electrons. The first-order valence-electron chi connectivity index (χ1n) is 8.41. The summed E-state index contributed by atoms with van der Waals surface area (Å²) in [5.41, 5.74) is 1.15. The number of benzene rings is 1. The molecular formula is C17H21N5O2S. The van der Waals surface area contributed by atoms with Crippen LogP contribution in [0.25, 0.3) is 4.96 Å². The quantitative estimate of drug-likeness (QED) is 0.713. The molecular weight excluding hydrogens is 338 g/mol. The highest BCUT2D eigenvalue weighted by atomic mass is 32.1. The lowest BCUT2D eigenvalue weighted by Gasteiger charge is -2.38. The van der Waals surface area contributed by atoms with Crippen LogP contribution >= 0.6 is 11.3 Å². The Kier molecular flexibility index (Phi) is 4.67. The Labute approximate surface area is 149 Å². The van der Waals surface area contributed by atoms with Gasteiger partial charge < -0.3 is 10.2 Å². The molecule has 1 saturated heterocycles. The molecule has 4 rings (SSSR count). The lowest BCUT2D eigenvalue weighted by molar-refractivity contribution is 0.0945. The monoisotopic (exact) mass is 359 g/mol. The lowest BCUT2D eigenvalue weighted by Crippen LogP contribution is -2.48. The highest BCUT2D eigenvalue weighted by Gasteiger charge is 2.31. The maximum atomic E-state index is 10.7. The van der Waals surface area contributed by atoms with Crippen molar-refractivity contribution in [2.24, 2.45) is 0 Å². The van der Waals surface area contributed by atoms with Crippen molar-refractivity contribution in [3.8, 4) is 5.88 Å². The topological polar surface area (TPSA) is 77.1 Å². The first-order valence-corrected chi connectivity index (χ1v) is 9.23. The smallest absolute Gasteiger partial charge is 0.230 e. The highest BCUT2D eigenvalue weighted by Crippen LogP contribution is 2.39. The first kappa shape index (κ1) is 16.5. The molecule has 8 heteroatoms. The summed E-state index contributed by atoms with van der Waals surface area (Å²) in [5, 5.41) is 23.9. The van der Waals surface area contributed by atoms with E-state index in [0.717, 1.165) is 36.6 Å². The number of aromatic hydroxyl groups is 1. The molecule has 7 nitrogen and oxygen atoms in total. The second-order valence-corrected chi connectivity index (χ2v) is 7.17. The number of rotatable bonds is 5. The summed E-state index contributed by atoms with van der Waals surface area (Å²) in [7, 11) is 0. The van der Waals surface area contributed by atoms with E-state index in [4.69, 9.17) is 5.11 Å². The number of thiazole rings is 1. The van der Waals surface area contributed by atoms with E-state index < -0.39 is 0 Å². The van der Waals surface area contributed by atoms with Gasteiger partial charge in [0.15, 0.2) is 0 Å². The molecule has 1 atom stereocenters. The van der Waals surface area contributed by atoms with Gasteiger partial charge in [-0.1, -0.05) is 41.7 Å². The number of hydrogen-bond acceptors (Lipinski definition) is 7. The first-order chi connectivity index (χ1) is 12.3. The molecule has 1 aliphatic rings. The molecule has 0 aliphatic carbocycles. The summed E-state index contributed by atoms with van der Waals surface area (Å²) >= 11 is 1.48. The summed E-state index contributed by atoms with van der Waals surface area (Å²) in [6.07, 6.45) is 1.46. The third kappa shape index (κ3) is 3.13. The van der Waals surface area contributed by atoms with E-state index in [0.29, 0.717) is 11.5 Å². The molecule has 3 heterocycles. The van der Waals surface area contributed by atoms with Crippen molar-refractivity contribution in [3.05, 3.63) is 47.1 Å². The molecule has 25 heavy (non-hydrogen) atoms. The van der Waals surface area contributed by atoms with Crippen LogP contribution in [0.1, 0.15) is 16.5 Å². The van der Waals surface area contributed by atoms with Gasteiger partial charge in [0.2, 0.25) is 10.8 Å². The molecule has 2 N–H and O–H groups in total. The van der Waals surface area contributed by atoms with Crippen LogP contribution in [0, 0.1) is 0 Å². The summed E-state index contributed by atoms with van der Waals surface area (Å²) in [6.45, 7) is 4.48. The number of aliphatic hydroxyl groups is 1. The zero-order valence-corrected chi connectivity index (χ0v) is 14.6. The number of piperazine rings is 1. The Hall–Kier alpha value is -2.00. The van der Waals surface area contributed by atoms with E-state index in [-0.39, 0.29) is 18.5 Å². The highest BCUT2D eigenvalue weighted by molar-refractivity contribution is 7.17. The van der Waals surface area contributed by atoms with Crippen LogP contribution < -0.4 is 0 Å². The van der Waals surface area contributed by atoms with Gasteiger partial charge in [0.1, 0.15) is 6.33 Å². The Bertz CT molecular complexity index is 826. The number of fused-ring (bicyclic) bond motifs is 1. The lowest BCUT2D eigenvalue weighted by atomic mass is 10.0. The van der Waals surface area contributed by atoms with Gasteiger partial charge in [-0.05, 0) is 5.56 Å². The number of aliphatic hydroxyl groups excluding tert-OH is 1. The number of hydrogen-bond donors (Lipinski definition) is 2. The minimum absolute atomic E-state index is 0.0222. The van der Waals surface area contributed by atoms with Gasteiger partial charge >= 0.3 is 0 Å². The van der Waals surface area contributed by atoms with Crippen LogP contribution in [0.5, 0.6) is 5.88 Å². The molecule has 1 aliphatic heterocycles. The van der Waals surface area contributed by atoms with Crippen molar-refractivity contribution >= 4 is 16.3 Å². The molecule has 1 aromatic carbocycles. The number of aromatic nitrogens is 3. The number of nitrogens with zero attached hydrogens (tertiary/aromatic N) is 5. The second-order valence-electron chi connectivity index (χ2n) is 6.16.